The molecular weight excluding hydrogens is 332 g/mol. The predicted octanol–water partition coefficient (Wildman–Crippen LogP) is 1.65. The Hall–Kier alpha value is -2.83. The molecule has 1 aromatic heterocycles. The molecule has 7 heteroatoms. The van der Waals surface area contributed by atoms with Crippen molar-refractivity contribution in [3.63, 3.8) is 0 Å². The van der Waals surface area contributed by atoms with Crippen LogP contribution in [0.3, 0.4) is 0 Å². The first-order valence-corrected chi connectivity index (χ1v) is 8.73. The van der Waals surface area contributed by atoms with Crippen LogP contribution >= 0.6 is 0 Å². The number of methoxy groups -OCH3 is 1. The fraction of sp³-hybridized carbons (Fsp3) is 0.421. The van der Waals surface area contributed by atoms with Gasteiger partial charge in [-0.2, -0.15) is 5.10 Å². The molecule has 1 N–H and O–H groups in total. The minimum Gasteiger partial charge on any atom is -0.496 e. The lowest BCUT2D eigenvalue weighted by Crippen LogP contribution is -2.35. The van der Waals surface area contributed by atoms with E-state index >= 15 is 0 Å². The molecule has 2 aromatic rings. The summed E-state index contributed by atoms with van der Waals surface area (Å²) in [4.78, 5) is 27.1. The molecule has 2 amide bonds. The van der Waals surface area contributed by atoms with E-state index in [0.717, 1.165) is 11.3 Å². The highest BCUT2D eigenvalue weighted by atomic mass is 16.5. The number of ether oxygens (including phenoxy) is 1. The van der Waals surface area contributed by atoms with Crippen LogP contribution in [0.4, 0.5) is 0 Å². The lowest BCUT2D eigenvalue weighted by Gasteiger charge is -2.28. The summed E-state index contributed by atoms with van der Waals surface area (Å²) in [5, 5.41) is 7.05. The van der Waals surface area contributed by atoms with Gasteiger partial charge in [-0.05, 0) is 19.1 Å². The Morgan fingerprint density at radius 2 is 2.12 bits per heavy atom. The molecule has 0 radical (unpaired) electrons. The summed E-state index contributed by atoms with van der Waals surface area (Å²) < 4.78 is 7.19. The van der Waals surface area contributed by atoms with Crippen molar-refractivity contribution in [2.24, 2.45) is 13.0 Å². The molecule has 7 nitrogen and oxygen atoms in total. The first-order valence-electron chi connectivity index (χ1n) is 8.73. The van der Waals surface area contributed by atoms with E-state index in [1.54, 1.807) is 22.9 Å². The Labute approximate surface area is 152 Å². The number of carbonyl (C=O) groups excluding carboxylic acids is 2. The first kappa shape index (κ1) is 18.0. The summed E-state index contributed by atoms with van der Waals surface area (Å²) in [7, 11) is 3.43. The van der Waals surface area contributed by atoms with Crippen LogP contribution in [0.25, 0.3) is 0 Å². The summed E-state index contributed by atoms with van der Waals surface area (Å²) in [6.07, 6.45) is 1.89. The highest BCUT2D eigenvalue weighted by Crippen LogP contribution is 2.41. The molecule has 138 valence electrons. The Kier molecular flexibility index (Phi) is 5.25. The Bertz CT molecular complexity index is 802. The summed E-state index contributed by atoms with van der Waals surface area (Å²) in [5.74, 6) is 0.0950. The van der Waals surface area contributed by atoms with Crippen LogP contribution in [0.15, 0.2) is 36.5 Å². The zero-order chi connectivity index (χ0) is 18.7. The second-order valence-electron chi connectivity index (χ2n) is 6.34. The minimum atomic E-state index is -0.452. The largest absolute Gasteiger partial charge is 0.496 e. The third-order valence-electron chi connectivity index (χ3n) is 4.93. The average molecular weight is 356 g/mol. The van der Waals surface area contributed by atoms with Crippen molar-refractivity contribution in [1.82, 2.24) is 20.0 Å². The molecule has 0 bridgehead atoms. The molecule has 0 aliphatic carbocycles. The van der Waals surface area contributed by atoms with Gasteiger partial charge in [-0.3, -0.25) is 14.3 Å². The molecule has 2 atom stereocenters. The van der Waals surface area contributed by atoms with Crippen LogP contribution in [0.5, 0.6) is 5.75 Å². The third kappa shape index (κ3) is 3.29. The summed E-state index contributed by atoms with van der Waals surface area (Å²) in [6.45, 7) is 2.86. The molecule has 0 unspecified atom stereocenters. The quantitative estimate of drug-likeness (QED) is 0.854. The van der Waals surface area contributed by atoms with Gasteiger partial charge in [-0.15, -0.1) is 0 Å². The number of nitrogens with one attached hydrogen (secondary N) is 1. The van der Waals surface area contributed by atoms with Crippen molar-refractivity contribution in [2.75, 3.05) is 13.7 Å². The molecule has 1 aliphatic rings. The average Bonchev–Trinajstić information content (AvgIpc) is 3.22. The number of aromatic nitrogens is 2. The van der Waals surface area contributed by atoms with Crippen LogP contribution in [-0.2, 0) is 23.2 Å². The molecule has 1 aliphatic heterocycles. The lowest BCUT2D eigenvalue weighted by molar-refractivity contribution is -0.129. The number of amides is 2. The van der Waals surface area contributed by atoms with Gasteiger partial charge >= 0.3 is 0 Å². The van der Waals surface area contributed by atoms with Crippen LogP contribution in [0.1, 0.15) is 30.6 Å². The topological polar surface area (TPSA) is 76.5 Å². The molecule has 0 spiro atoms. The predicted molar refractivity (Wildman–Crippen MR) is 96.3 cm³/mol. The number of carbonyl (C=O) groups is 2. The van der Waals surface area contributed by atoms with Gasteiger partial charge in [0.2, 0.25) is 11.8 Å². The maximum Gasteiger partial charge on any atom is 0.226 e. The molecule has 2 heterocycles. The monoisotopic (exact) mass is 356 g/mol. The summed E-state index contributed by atoms with van der Waals surface area (Å²) in [6, 6.07) is 9.10. The summed E-state index contributed by atoms with van der Waals surface area (Å²) in [5.41, 5.74) is 1.77. The molecule has 1 fully saturated rings. The van der Waals surface area contributed by atoms with Crippen LogP contribution in [-0.4, -0.2) is 40.1 Å². The molecule has 1 aromatic carbocycles. The van der Waals surface area contributed by atoms with Crippen molar-refractivity contribution in [3.05, 3.63) is 47.8 Å². The number of para-hydroxylation sites is 1. The van der Waals surface area contributed by atoms with Gasteiger partial charge in [0.1, 0.15) is 5.75 Å². The number of hydrogen-bond donors (Lipinski definition) is 1. The Morgan fingerprint density at radius 1 is 1.35 bits per heavy atom. The number of nitrogens with zero attached hydrogens (tertiary/aromatic N) is 3. The van der Waals surface area contributed by atoms with E-state index in [1.807, 2.05) is 44.3 Å². The second-order valence-corrected chi connectivity index (χ2v) is 6.34. The standard InChI is InChI=1S/C19H24N4O3/c1-4-23-17(24)11-15(18(23)14-7-5-6-8-16(14)26-3)19(25)20-12-13-9-10-21-22(13)2/h5-10,15,18H,4,11-12H2,1-3H3,(H,20,25)/t15-,18+/m1/s1. The van der Waals surface area contributed by atoms with E-state index < -0.39 is 5.92 Å². The van der Waals surface area contributed by atoms with E-state index in [9.17, 15) is 9.59 Å². The van der Waals surface area contributed by atoms with Gasteiger partial charge in [-0.1, -0.05) is 18.2 Å². The maximum atomic E-state index is 12.9. The van der Waals surface area contributed by atoms with E-state index in [-0.39, 0.29) is 24.3 Å². The van der Waals surface area contributed by atoms with E-state index in [2.05, 4.69) is 10.4 Å². The summed E-state index contributed by atoms with van der Waals surface area (Å²) >= 11 is 0. The highest BCUT2D eigenvalue weighted by Gasteiger charge is 2.44. The van der Waals surface area contributed by atoms with Crippen molar-refractivity contribution < 1.29 is 14.3 Å². The fourth-order valence-electron chi connectivity index (χ4n) is 3.58. The van der Waals surface area contributed by atoms with E-state index in [0.29, 0.717) is 18.8 Å². The molecule has 0 saturated carbocycles. The lowest BCUT2D eigenvalue weighted by atomic mass is 9.92. The highest BCUT2D eigenvalue weighted by molar-refractivity contribution is 5.90. The number of aryl methyl sites for hydroxylation is 1. The zero-order valence-corrected chi connectivity index (χ0v) is 15.3. The van der Waals surface area contributed by atoms with Crippen molar-refractivity contribution >= 4 is 11.8 Å². The Balaban J connectivity index is 1.85. The van der Waals surface area contributed by atoms with Gasteiger partial charge in [0.15, 0.2) is 0 Å². The molecular formula is C19H24N4O3. The van der Waals surface area contributed by atoms with E-state index in [1.165, 1.54) is 0 Å². The van der Waals surface area contributed by atoms with Gasteiger partial charge in [0.05, 0.1) is 31.3 Å². The molecule has 1 saturated heterocycles. The SMILES string of the molecule is CCN1C(=O)C[C@@H](C(=O)NCc2ccnn2C)[C@@H]1c1ccccc1OC. The normalized spacial score (nSPS) is 19.7. The van der Waals surface area contributed by atoms with Gasteiger partial charge in [0.25, 0.3) is 0 Å². The number of rotatable bonds is 6. The van der Waals surface area contributed by atoms with Gasteiger partial charge in [0, 0.05) is 31.8 Å². The van der Waals surface area contributed by atoms with Gasteiger partial charge < -0.3 is 15.0 Å². The second kappa shape index (κ2) is 7.59. The number of hydrogen-bond acceptors (Lipinski definition) is 4. The maximum absolute atomic E-state index is 12.9. The van der Waals surface area contributed by atoms with Crippen LogP contribution in [0.2, 0.25) is 0 Å². The van der Waals surface area contributed by atoms with Crippen molar-refractivity contribution in [2.45, 2.75) is 25.9 Å². The minimum absolute atomic E-state index is 0.0101. The van der Waals surface area contributed by atoms with Crippen molar-refractivity contribution in [1.29, 1.82) is 0 Å². The molecule has 26 heavy (non-hydrogen) atoms. The number of likely N-dealkylation sites (tertiary alicyclic amines) is 1. The fourth-order valence-corrected chi connectivity index (χ4v) is 3.58. The third-order valence-corrected chi connectivity index (χ3v) is 4.93. The van der Waals surface area contributed by atoms with Crippen molar-refractivity contribution in [3.8, 4) is 5.75 Å². The smallest absolute Gasteiger partial charge is 0.226 e. The Morgan fingerprint density at radius 3 is 2.77 bits per heavy atom. The zero-order valence-electron chi connectivity index (χ0n) is 15.3. The van der Waals surface area contributed by atoms with Crippen LogP contribution in [0, 0.1) is 5.92 Å². The van der Waals surface area contributed by atoms with Crippen LogP contribution < -0.4 is 10.1 Å². The first-order chi connectivity index (χ1) is 12.6. The van der Waals surface area contributed by atoms with Gasteiger partial charge in [-0.25, -0.2) is 0 Å². The number of benzene rings is 1. The van der Waals surface area contributed by atoms with E-state index in [4.69, 9.17) is 4.74 Å². The molecule has 3 rings (SSSR count).